The van der Waals surface area contributed by atoms with Crippen molar-refractivity contribution in [1.82, 2.24) is 4.90 Å². The van der Waals surface area contributed by atoms with Gasteiger partial charge in [0.25, 0.3) is 10.9 Å². The maximum atomic E-state index is 12.9. The second kappa shape index (κ2) is 7.89. The number of hydrogen-bond acceptors (Lipinski definition) is 4. The molecule has 5 nitrogen and oxygen atoms in total. The Morgan fingerprint density at radius 3 is 2.68 bits per heavy atom. The van der Waals surface area contributed by atoms with Crippen molar-refractivity contribution in [3.05, 3.63) is 64.5 Å². The van der Waals surface area contributed by atoms with E-state index in [0.29, 0.717) is 28.6 Å². The number of thioether (sulfide) groups is 1. The van der Waals surface area contributed by atoms with Crippen LogP contribution in [0.15, 0.2) is 53.7 Å². The smallest absolute Gasteiger partial charge is 0.260 e. The highest BCUT2D eigenvalue weighted by Gasteiger charge is 2.33. The van der Waals surface area contributed by atoms with Crippen molar-refractivity contribution in [2.45, 2.75) is 29.5 Å². The Balaban J connectivity index is 1.80. The fraction of sp³-hybridized carbons (Fsp3) is 0.278. The molecule has 0 spiro atoms. The van der Waals surface area contributed by atoms with Gasteiger partial charge in [-0.25, -0.2) is 0 Å². The molecule has 1 aromatic heterocycles. The molecular weight excluding hydrogens is 360 g/mol. The molecule has 7 heteroatoms. The van der Waals surface area contributed by atoms with E-state index in [1.165, 1.54) is 22.9 Å². The third-order valence-electron chi connectivity index (χ3n) is 4.03. The summed E-state index contributed by atoms with van der Waals surface area (Å²) >= 11 is 7.08. The first-order valence-corrected chi connectivity index (χ1v) is 9.28. The van der Waals surface area contributed by atoms with Crippen LogP contribution in [-0.4, -0.2) is 28.5 Å². The van der Waals surface area contributed by atoms with Gasteiger partial charge in [-0.3, -0.25) is 14.5 Å². The van der Waals surface area contributed by atoms with Crippen molar-refractivity contribution >= 4 is 35.2 Å². The molecule has 1 saturated heterocycles. The van der Waals surface area contributed by atoms with Gasteiger partial charge in [-0.05, 0) is 54.9 Å². The summed E-state index contributed by atoms with van der Waals surface area (Å²) in [5, 5.41) is 12.4. The Labute approximate surface area is 155 Å². The Hall–Kier alpha value is -2.05. The summed E-state index contributed by atoms with van der Waals surface area (Å²) in [6, 6.07) is 11.6. The number of likely N-dealkylation sites (tertiary alicyclic amines) is 1. The summed E-state index contributed by atoms with van der Waals surface area (Å²) < 4.78 is 0.744. The van der Waals surface area contributed by atoms with Crippen molar-refractivity contribution in [1.29, 1.82) is 0 Å². The quantitative estimate of drug-likeness (QED) is 0.468. The normalized spacial score (nSPS) is 18.0. The van der Waals surface area contributed by atoms with Gasteiger partial charge in [0.15, 0.2) is 6.20 Å². The van der Waals surface area contributed by atoms with E-state index in [-0.39, 0.29) is 11.8 Å². The molecule has 0 bridgehead atoms. The second-order valence-electron chi connectivity index (χ2n) is 5.77. The van der Waals surface area contributed by atoms with Gasteiger partial charge < -0.3 is 5.21 Å². The van der Waals surface area contributed by atoms with Gasteiger partial charge in [0, 0.05) is 29.3 Å². The lowest BCUT2D eigenvalue weighted by atomic mass is 10.2. The molecule has 1 atom stereocenters. The maximum absolute atomic E-state index is 12.9. The summed E-state index contributed by atoms with van der Waals surface area (Å²) in [5.41, 5.74) is 0.432. The number of amides is 2. The molecule has 2 heterocycles. The third kappa shape index (κ3) is 4.14. The molecule has 1 aliphatic rings. The zero-order valence-corrected chi connectivity index (χ0v) is 15.0. The van der Waals surface area contributed by atoms with Crippen LogP contribution in [0.1, 0.15) is 29.6 Å². The van der Waals surface area contributed by atoms with Crippen LogP contribution in [0.3, 0.4) is 0 Å². The molecule has 2 amide bonds. The number of imide groups is 1. The number of pyridine rings is 1. The van der Waals surface area contributed by atoms with Gasteiger partial charge >= 0.3 is 0 Å². The molecular formula is C18H17ClN2O3S. The predicted molar refractivity (Wildman–Crippen MR) is 96.4 cm³/mol. The van der Waals surface area contributed by atoms with Crippen LogP contribution in [0.5, 0.6) is 0 Å². The molecule has 0 aliphatic carbocycles. The van der Waals surface area contributed by atoms with E-state index in [2.05, 4.69) is 0 Å². The second-order valence-corrected chi connectivity index (χ2v) is 7.43. The van der Waals surface area contributed by atoms with Crippen molar-refractivity contribution in [2.75, 3.05) is 6.54 Å². The molecule has 1 aliphatic heterocycles. The molecule has 0 radical (unpaired) electrons. The average Bonchev–Trinajstić information content (AvgIpc) is 2.79. The van der Waals surface area contributed by atoms with Crippen molar-refractivity contribution < 1.29 is 14.3 Å². The van der Waals surface area contributed by atoms with Crippen LogP contribution in [0, 0.1) is 5.21 Å². The fourth-order valence-electron chi connectivity index (χ4n) is 2.72. The molecule has 0 saturated carbocycles. The standard InChI is InChI=1S/C18H17ClN2O3S/c19-14-9-7-13(8-10-14)17(22)20-11-3-1-5-15(18(20)23)25-16-6-2-4-12-21(16)24/h2,4,6-10,12,15H,1,3,5,11H2. The zero-order chi connectivity index (χ0) is 17.8. The molecule has 1 fully saturated rings. The molecule has 1 unspecified atom stereocenters. The number of benzene rings is 1. The van der Waals surface area contributed by atoms with Crippen LogP contribution in [0.4, 0.5) is 0 Å². The first kappa shape index (κ1) is 17.8. The van der Waals surface area contributed by atoms with E-state index in [1.807, 2.05) is 0 Å². The van der Waals surface area contributed by atoms with Crippen LogP contribution >= 0.6 is 23.4 Å². The molecule has 0 N–H and O–H groups in total. The summed E-state index contributed by atoms with van der Waals surface area (Å²) in [5.74, 6) is -0.566. The third-order valence-corrected chi connectivity index (χ3v) is 5.56. The van der Waals surface area contributed by atoms with Crippen LogP contribution in [0.25, 0.3) is 0 Å². The summed E-state index contributed by atoms with van der Waals surface area (Å²) in [4.78, 5) is 26.9. The van der Waals surface area contributed by atoms with Crippen LogP contribution in [0.2, 0.25) is 5.02 Å². The molecule has 130 valence electrons. The average molecular weight is 377 g/mol. The minimum atomic E-state index is -0.443. The highest BCUT2D eigenvalue weighted by molar-refractivity contribution is 8.00. The van der Waals surface area contributed by atoms with Gasteiger partial charge in [-0.1, -0.05) is 18.0 Å². The first-order valence-electron chi connectivity index (χ1n) is 8.02. The Kier molecular flexibility index (Phi) is 5.60. The lowest BCUT2D eigenvalue weighted by Gasteiger charge is -2.22. The first-order chi connectivity index (χ1) is 12.1. The van der Waals surface area contributed by atoms with E-state index >= 15 is 0 Å². The van der Waals surface area contributed by atoms with Crippen molar-refractivity contribution in [3.8, 4) is 0 Å². The van der Waals surface area contributed by atoms with Crippen LogP contribution in [-0.2, 0) is 4.79 Å². The van der Waals surface area contributed by atoms with Gasteiger partial charge in [-0.15, -0.1) is 0 Å². The lowest BCUT2D eigenvalue weighted by molar-refractivity contribution is -0.645. The SMILES string of the molecule is O=C(c1ccc(Cl)cc1)N1CCCCC(Sc2cccc[n+]2[O-])C1=O. The number of aromatic nitrogens is 1. The highest BCUT2D eigenvalue weighted by Crippen LogP contribution is 2.29. The summed E-state index contributed by atoms with van der Waals surface area (Å²) in [6.07, 6.45) is 3.64. The van der Waals surface area contributed by atoms with Crippen molar-refractivity contribution in [2.24, 2.45) is 0 Å². The molecule has 25 heavy (non-hydrogen) atoms. The van der Waals surface area contributed by atoms with Gasteiger partial charge in [0.05, 0.1) is 5.25 Å². The predicted octanol–water partition coefficient (Wildman–Crippen LogP) is 3.29. The Morgan fingerprint density at radius 1 is 1.20 bits per heavy atom. The minimum absolute atomic E-state index is 0.244. The number of rotatable bonds is 3. The van der Waals surface area contributed by atoms with Crippen molar-refractivity contribution in [3.63, 3.8) is 0 Å². The topological polar surface area (TPSA) is 64.3 Å². The van der Waals surface area contributed by atoms with Gasteiger partial charge in [0.2, 0.25) is 5.91 Å². The number of hydrogen-bond donors (Lipinski definition) is 0. The van der Waals surface area contributed by atoms with E-state index in [1.54, 1.807) is 42.5 Å². The molecule has 3 rings (SSSR count). The maximum Gasteiger partial charge on any atom is 0.260 e. The van der Waals surface area contributed by atoms with E-state index in [9.17, 15) is 14.8 Å². The largest absolute Gasteiger partial charge is 0.618 e. The number of nitrogens with zero attached hydrogens (tertiary/aromatic N) is 2. The van der Waals surface area contributed by atoms with Crippen LogP contribution < -0.4 is 4.73 Å². The summed E-state index contributed by atoms with van der Waals surface area (Å²) in [6.45, 7) is 0.392. The highest BCUT2D eigenvalue weighted by atomic mass is 35.5. The van der Waals surface area contributed by atoms with E-state index in [0.717, 1.165) is 17.6 Å². The monoisotopic (exact) mass is 376 g/mol. The number of halogens is 1. The Bertz CT molecular complexity index is 782. The minimum Gasteiger partial charge on any atom is -0.618 e. The molecule has 2 aromatic rings. The molecule has 1 aromatic carbocycles. The van der Waals surface area contributed by atoms with E-state index < -0.39 is 5.25 Å². The Morgan fingerprint density at radius 2 is 1.96 bits per heavy atom. The number of carbonyl (C=O) groups excluding carboxylic acids is 2. The number of carbonyl (C=O) groups is 2. The van der Waals surface area contributed by atoms with Gasteiger partial charge in [0.1, 0.15) is 0 Å². The van der Waals surface area contributed by atoms with E-state index in [4.69, 9.17) is 11.6 Å². The van der Waals surface area contributed by atoms with Gasteiger partial charge in [-0.2, -0.15) is 4.73 Å². The zero-order valence-electron chi connectivity index (χ0n) is 13.4. The summed E-state index contributed by atoms with van der Waals surface area (Å²) in [7, 11) is 0. The lowest BCUT2D eigenvalue weighted by Crippen LogP contribution is -2.41. The fourth-order valence-corrected chi connectivity index (χ4v) is 3.97.